The molecular weight excluding hydrogens is 262 g/mol. The van der Waals surface area contributed by atoms with Crippen molar-refractivity contribution >= 4 is 5.69 Å². The molecule has 0 saturated heterocycles. The Bertz CT molecular complexity index is 588. The maximum atomic E-state index is 12.4. The number of pyridine rings is 1. The van der Waals surface area contributed by atoms with Gasteiger partial charge in [0.1, 0.15) is 5.75 Å². The Morgan fingerprint density at radius 3 is 2.70 bits per heavy atom. The summed E-state index contributed by atoms with van der Waals surface area (Å²) in [6.07, 6.45) is 1.70. The van der Waals surface area contributed by atoms with Gasteiger partial charge in [-0.15, -0.1) is 0 Å². The molecule has 0 amide bonds. The molecule has 2 aromatic rings. The Balaban J connectivity index is 2.13. The molecule has 0 aliphatic heterocycles. The lowest BCUT2D eigenvalue weighted by molar-refractivity contribution is -0.0504. The summed E-state index contributed by atoms with van der Waals surface area (Å²) in [5.74, 6) is 0.198. The summed E-state index contributed by atoms with van der Waals surface area (Å²) in [6.45, 7) is 1.39. The van der Waals surface area contributed by atoms with Gasteiger partial charge in [0.2, 0.25) is 0 Å². The van der Waals surface area contributed by atoms with Gasteiger partial charge in [0.05, 0.1) is 0 Å². The molecule has 2 rings (SSSR count). The van der Waals surface area contributed by atoms with E-state index in [1.54, 1.807) is 18.3 Å². The molecular formula is C15H16F2N2O. The van der Waals surface area contributed by atoms with Gasteiger partial charge >= 0.3 is 6.61 Å². The molecule has 0 fully saturated rings. The van der Waals surface area contributed by atoms with Crippen molar-refractivity contribution < 1.29 is 13.5 Å². The summed E-state index contributed by atoms with van der Waals surface area (Å²) < 4.78 is 29.3. The zero-order chi connectivity index (χ0) is 14.5. The van der Waals surface area contributed by atoms with E-state index in [1.165, 1.54) is 0 Å². The lowest BCUT2D eigenvalue weighted by Gasteiger charge is -2.13. The van der Waals surface area contributed by atoms with Crippen molar-refractivity contribution in [1.82, 2.24) is 4.98 Å². The molecule has 0 bridgehead atoms. The first-order valence-electron chi connectivity index (χ1n) is 6.25. The monoisotopic (exact) mass is 278 g/mol. The second-order valence-corrected chi connectivity index (χ2v) is 4.53. The fraction of sp³-hybridized carbons (Fsp3) is 0.267. The Labute approximate surface area is 116 Å². The van der Waals surface area contributed by atoms with Gasteiger partial charge in [0.25, 0.3) is 0 Å². The average molecular weight is 278 g/mol. The molecule has 106 valence electrons. The predicted molar refractivity (Wildman–Crippen MR) is 74.1 cm³/mol. The summed E-state index contributed by atoms with van der Waals surface area (Å²) in [5, 5.41) is 3.18. The van der Waals surface area contributed by atoms with Crippen LogP contribution in [0.15, 0.2) is 36.5 Å². The van der Waals surface area contributed by atoms with Crippen molar-refractivity contribution in [3.63, 3.8) is 0 Å². The van der Waals surface area contributed by atoms with E-state index in [-0.39, 0.29) is 5.75 Å². The number of ether oxygens (including phenoxy) is 1. The Hall–Kier alpha value is -2.17. The Morgan fingerprint density at radius 1 is 1.20 bits per heavy atom. The maximum Gasteiger partial charge on any atom is 0.387 e. The van der Waals surface area contributed by atoms with Crippen molar-refractivity contribution in [1.29, 1.82) is 0 Å². The number of benzene rings is 1. The van der Waals surface area contributed by atoms with Gasteiger partial charge in [0.15, 0.2) is 0 Å². The van der Waals surface area contributed by atoms with E-state index in [0.717, 1.165) is 16.9 Å². The van der Waals surface area contributed by atoms with Gasteiger partial charge in [-0.05, 0) is 32.0 Å². The normalized spacial score (nSPS) is 10.7. The van der Waals surface area contributed by atoms with Crippen LogP contribution in [0.5, 0.6) is 5.75 Å². The number of anilines is 1. The van der Waals surface area contributed by atoms with Crippen LogP contribution in [-0.4, -0.2) is 11.6 Å². The molecule has 0 radical (unpaired) electrons. The number of halogens is 2. The summed E-state index contributed by atoms with van der Waals surface area (Å²) >= 11 is 0. The number of nitrogens with zero attached hydrogens (tertiary/aromatic N) is 1. The molecule has 0 spiro atoms. The van der Waals surface area contributed by atoms with E-state index in [1.807, 2.05) is 32.0 Å². The van der Waals surface area contributed by atoms with Crippen LogP contribution in [0.1, 0.15) is 16.8 Å². The standard InChI is InChI=1S/C15H16F2N2O/c1-10-3-4-14(20-15(16)17)12(7-10)9-19-13-5-6-18-11(2)8-13/h3-8,15H,9H2,1-2H3,(H,18,19). The highest BCUT2D eigenvalue weighted by atomic mass is 19.3. The third-order valence-corrected chi connectivity index (χ3v) is 2.81. The number of rotatable bonds is 5. The van der Waals surface area contributed by atoms with E-state index in [4.69, 9.17) is 0 Å². The fourth-order valence-corrected chi connectivity index (χ4v) is 1.91. The summed E-state index contributed by atoms with van der Waals surface area (Å²) in [5.41, 5.74) is 3.47. The second-order valence-electron chi connectivity index (χ2n) is 4.53. The Morgan fingerprint density at radius 2 is 2.00 bits per heavy atom. The van der Waals surface area contributed by atoms with Crippen molar-refractivity contribution in [2.75, 3.05) is 5.32 Å². The highest BCUT2D eigenvalue weighted by Gasteiger charge is 2.09. The van der Waals surface area contributed by atoms with Gasteiger partial charge < -0.3 is 10.1 Å². The third kappa shape index (κ3) is 3.91. The van der Waals surface area contributed by atoms with Crippen LogP contribution < -0.4 is 10.1 Å². The van der Waals surface area contributed by atoms with Crippen molar-refractivity contribution in [2.24, 2.45) is 0 Å². The molecule has 1 N–H and O–H groups in total. The molecule has 0 aliphatic carbocycles. The van der Waals surface area contributed by atoms with E-state index in [0.29, 0.717) is 12.1 Å². The van der Waals surface area contributed by atoms with E-state index < -0.39 is 6.61 Å². The lowest BCUT2D eigenvalue weighted by Crippen LogP contribution is -2.07. The van der Waals surface area contributed by atoms with E-state index in [9.17, 15) is 8.78 Å². The average Bonchev–Trinajstić information content (AvgIpc) is 2.39. The lowest BCUT2D eigenvalue weighted by atomic mass is 10.1. The minimum absolute atomic E-state index is 0.198. The summed E-state index contributed by atoms with van der Waals surface area (Å²) in [7, 11) is 0. The SMILES string of the molecule is Cc1ccc(OC(F)F)c(CNc2ccnc(C)c2)c1. The third-order valence-electron chi connectivity index (χ3n) is 2.81. The van der Waals surface area contributed by atoms with Crippen LogP contribution in [-0.2, 0) is 6.54 Å². The topological polar surface area (TPSA) is 34.1 Å². The quantitative estimate of drug-likeness (QED) is 0.900. The smallest absolute Gasteiger partial charge is 0.387 e. The zero-order valence-corrected chi connectivity index (χ0v) is 11.4. The number of aromatic nitrogens is 1. The van der Waals surface area contributed by atoms with Gasteiger partial charge in [-0.1, -0.05) is 17.7 Å². The minimum atomic E-state index is -2.82. The Kier molecular flexibility index (Phi) is 4.50. The van der Waals surface area contributed by atoms with E-state index in [2.05, 4.69) is 15.0 Å². The van der Waals surface area contributed by atoms with Crippen molar-refractivity contribution in [3.8, 4) is 5.75 Å². The fourth-order valence-electron chi connectivity index (χ4n) is 1.91. The molecule has 1 aromatic carbocycles. The molecule has 0 atom stereocenters. The molecule has 1 heterocycles. The molecule has 1 aromatic heterocycles. The number of aryl methyl sites for hydroxylation is 2. The van der Waals surface area contributed by atoms with Gasteiger partial charge in [-0.2, -0.15) is 8.78 Å². The van der Waals surface area contributed by atoms with Crippen molar-refractivity contribution in [3.05, 3.63) is 53.3 Å². The molecule has 3 nitrogen and oxygen atoms in total. The first-order valence-corrected chi connectivity index (χ1v) is 6.25. The van der Waals surface area contributed by atoms with Crippen LogP contribution >= 0.6 is 0 Å². The van der Waals surface area contributed by atoms with E-state index >= 15 is 0 Å². The summed E-state index contributed by atoms with van der Waals surface area (Å²) in [4.78, 5) is 4.10. The molecule has 0 saturated carbocycles. The van der Waals surface area contributed by atoms with Crippen LogP contribution in [0.3, 0.4) is 0 Å². The highest BCUT2D eigenvalue weighted by Crippen LogP contribution is 2.23. The number of nitrogens with one attached hydrogen (secondary N) is 1. The van der Waals surface area contributed by atoms with Crippen molar-refractivity contribution in [2.45, 2.75) is 27.0 Å². The molecule has 20 heavy (non-hydrogen) atoms. The van der Waals surface area contributed by atoms with Gasteiger partial charge in [0, 0.05) is 29.7 Å². The maximum absolute atomic E-state index is 12.4. The van der Waals surface area contributed by atoms with Crippen LogP contribution in [0.4, 0.5) is 14.5 Å². The van der Waals surface area contributed by atoms with Gasteiger partial charge in [-0.25, -0.2) is 0 Å². The van der Waals surface area contributed by atoms with Crippen LogP contribution in [0.2, 0.25) is 0 Å². The largest absolute Gasteiger partial charge is 0.434 e. The molecule has 5 heteroatoms. The minimum Gasteiger partial charge on any atom is -0.434 e. The first-order chi connectivity index (χ1) is 9.54. The second kappa shape index (κ2) is 6.32. The summed E-state index contributed by atoms with van der Waals surface area (Å²) in [6, 6.07) is 8.87. The first kappa shape index (κ1) is 14.2. The predicted octanol–water partition coefficient (Wildman–Crippen LogP) is 3.91. The molecule has 0 unspecified atom stereocenters. The number of hydrogen-bond acceptors (Lipinski definition) is 3. The zero-order valence-electron chi connectivity index (χ0n) is 11.4. The highest BCUT2D eigenvalue weighted by molar-refractivity contribution is 5.46. The number of hydrogen-bond donors (Lipinski definition) is 1. The number of alkyl halides is 2. The van der Waals surface area contributed by atoms with Crippen LogP contribution in [0.25, 0.3) is 0 Å². The molecule has 0 aliphatic rings. The van der Waals surface area contributed by atoms with Gasteiger partial charge in [-0.3, -0.25) is 4.98 Å². The van der Waals surface area contributed by atoms with Crippen LogP contribution in [0, 0.1) is 13.8 Å².